The summed E-state index contributed by atoms with van der Waals surface area (Å²) in [5, 5.41) is 9.63. The molecule has 0 aliphatic heterocycles. The van der Waals surface area contributed by atoms with E-state index >= 15 is 0 Å². The van der Waals surface area contributed by atoms with Crippen LogP contribution in [0.2, 0.25) is 5.02 Å². The van der Waals surface area contributed by atoms with E-state index in [-0.39, 0.29) is 12.5 Å². The Kier molecular flexibility index (Phi) is 4.74. The normalized spacial score (nSPS) is 10.2. The first-order valence-corrected chi connectivity index (χ1v) is 6.12. The van der Waals surface area contributed by atoms with E-state index < -0.39 is 0 Å². The average molecular weight is 281 g/mol. The standard InChI is InChI=1S/C12H13ClN4O2/c13-9-3-1-2-4-10(9)19-7-12(18)14-6-5-11-15-8-16-17-11/h1-4,8H,5-7H2,(H,14,18)(H,15,16,17). The maximum atomic E-state index is 11.5. The molecule has 2 N–H and O–H groups in total. The highest BCUT2D eigenvalue weighted by Crippen LogP contribution is 2.22. The number of halogens is 1. The van der Waals surface area contributed by atoms with Crippen LogP contribution in [0.25, 0.3) is 0 Å². The topological polar surface area (TPSA) is 79.9 Å². The van der Waals surface area contributed by atoms with Gasteiger partial charge in [0.2, 0.25) is 0 Å². The van der Waals surface area contributed by atoms with Crippen molar-refractivity contribution in [3.05, 3.63) is 41.4 Å². The molecule has 0 bridgehead atoms. The minimum atomic E-state index is -0.209. The number of carbonyl (C=O) groups is 1. The first-order valence-electron chi connectivity index (χ1n) is 5.74. The number of aromatic nitrogens is 3. The van der Waals surface area contributed by atoms with Crippen molar-refractivity contribution in [1.82, 2.24) is 20.5 Å². The second-order valence-corrected chi connectivity index (χ2v) is 4.16. The Morgan fingerprint density at radius 2 is 2.26 bits per heavy atom. The second-order valence-electron chi connectivity index (χ2n) is 3.75. The molecule has 7 heteroatoms. The minimum absolute atomic E-state index is 0.0693. The van der Waals surface area contributed by atoms with Gasteiger partial charge in [0.05, 0.1) is 5.02 Å². The number of ether oxygens (including phenoxy) is 1. The Bertz CT molecular complexity index is 530. The lowest BCUT2D eigenvalue weighted by Gasteiger charge is -2.07. The Labute approximate surface area is 115 Å². The summed E-state index contributed by atoms with van der Waals surface area (Å²) in [6.45, 7) is 0.403. The summed E-state index contributed by atoms with van der Waals surface area (Å²) in [4.78, 5) is 15.5. The average Bonchev–Trinajstić information content (AvgIpc) is 2.91. The first kappa shape index (κ1) is 13.4. The smallest absolute Gasteiger partial charge is 0.257 e. The third-order valence-electron chi connectivity index (χ3n) is 2.34. The molecule has 0 unspecified atom stereocenters. The predicted octanol–water partition coefficient (Wildman–Crippen LogP) is 1.20. The van der Waals surface area contributed by atoms with Crippen molar-refractivity contribution in [2.24, 2.45) is 0 Å². The number of H-pyrrole nitrogens is 1. The molecule has 2 rings (SSSR count). The van der Waals surface area contributed by atoms with Crippen LogP contribution >= 0.6 is 11.6 Å². The number of nitrogens with one attached hydrogen (secondary N) is 2. The van der Waals surface area contributed by atoms with Gasteiger partial charge in [0.25, 0.3) is 5.91 Å². The Hall–Kier alpha value is -2.08. The third-order valence-corrected chi connectivity index (χ3v) is 2.66. The first-order chi connectivity index (χ1) is 9.25. The molecule has 0 atom stereocenters. The van der Waals surface area contributed by atoms with Gasteiger partial charge in [-0.1, -0.05) is 23.7 Å². The fraction of sp³-hybridized carbons (Fsp3) is 0.250. The molecule has 1 amide bonds. The van der Waals surface area contributed by atoms with Crippen molar-refractivity contribution in [1.29, 1.82) is 0 Å². The molecule has 0 spiro atoms. The molecular weight excluding hydrogens is 268 g/mol. The molecule has 19 heavy (non-hydrogen) atoms. The van der Waals surface area contributed by atoms with Crippen molar-refractivity contribution in [2.75, 3.05) is 13.2 Å². The molecular formula is C12H13ClN4O2. The highest BCUT2D eigenvalue weighted by molar-refractivity contribution is 6.32. The molecule has 1 aromatic heterocycles. The Morgan fingerprint density at radius 1 is 1.42 bits per heavy atom. The number of hydrogen-bond donors (Lipinski definition) is 2. The molecule has 0 saturated heterocycles. The molecule has 100 valence electrons. The van der Waals surface area contributed by atoms with E-state index in [1.807, 2.05) is 0 Å². The van der Waals surface area contributed by atoms with Gasteiger partial charge in [-0.2, -0.15) is 5.10 Å². The third kappa shape index (κ3) is 4.26. The lowest BCUT2D eigenvalue weighted by atomic mass is 10.3. The lowest BCUT2D eigenvalue weighted by Crippen LogP contribution is -2.30. The number of nitrogens with zero attached hydrogens (tertiary/aromatic N) is 2. The molecule has 2 aromatic rings. The fourth-order valence-electron chi connectivity index (χ4n) is 1.43. The number of amides is 1. The number of carbonyl (C=O) groups excluding carboxylic acids is 1. The van der Waals surface area contributed by atoms with E-state index in [1.54, 1.807) is 24.3 Å². The maximum Gasteiger partial charge on any atom is 0.257 e. The summed E-state index contributed by atoms with van der Waals surface area (Å²) in [5.41, 5.74) is 0. The van der Waals surface area contributed by atoms with Crippen molar-refractivity contribution < 1.29 is 9.53 Å². The molecule has 0 fully saturated rings. The highest BCUT2D eigenvalue weighted by atomic mass is 35.5. The summed E-state index contributed by atoms with van der Waals surface area (Å²) in [7, 11) is 0. The van der Waals surface area contributed by atoms with Crippen LogP contribution in [0.15, 0.2) is 30.6 Å². The number of para-hydroxylation sites is 1. The van der Waals surface area contributed by atoms with Gasteiger partial charge >= 0.3 is 0 Å². The van der Waals surface area contributed by atoms with Gasteiger partial charge < -0.3 is 10.1 Å². The summed E-state index contributed by atoms with van der Waals surface area (Å²) in [5.74, 6) is 1.02. The van der Waals surface area contributed by atoms with Crippen molar-refractivity contribution >= 4 is 17.5 Å². The Morgan fingerprint density at radius 3 is 3.00 bits per heavy atom. The maximum absolute atomic E-state index is 11.5. The van der Waals surface area contributed by atoms with Crippen LogP contribution in [-0.4, -0.2) is 34.2 Å². The fourth-order valence-corrected chi connectivity index (χ4v) is 1.62. The largest absolute Gasteiger partial charge is 0.482 e. The summed E-state index contributed by atoms with van der Waals surface area (Å²) >= 11 is 5.90. The van der Waals surface area contributed by atoms with Crippen LogP contribution in [0.4, 0.5) is 0 Å². The van der Waals surface area contributed by atoms with Crippen molar-refractivity contribution in [3.63, 3.8) is 0 Å². The van der Waals surface area contributed by atoms with Gasteiger partial charge in [0.1, 0.15) is 17.9 Å². The van der Waals surface area contributed by atoms with Crippen LogP contribution < -0.4 is 10.1 Å². The molecule has 0 radical (unpaired) electrons. The molecule has 6 nitrogen and oxygen atoms in total. The second kappa shape index (κ2) is 6.75. The monoisotopic (exact) mass is 280 g/mol. The molecule has 0 aliphatic carbocycles. The van der Waals surface area contributed by atoms with Gasteiger partial charge in [-0.25, -0.2) is 4.98 Å². The zero-order valence-electron chi connectivity index (χ0n) is 10.1. The van der Waals surface area contributed by atoms with Gasteiger partial charge in [-0.15, -0.1) is 0 Å². The SMILES string of the molecule is O=C(COc1ccccc1Cl)NCCc1ncn[nH]1. The van der Waals surface area contributed by atoms with Gasteiger partial charge in [-0.3, -0.25) is 9.89 Å². The van der Waals surface area contributed by atoms with Gasteiger partial charge in [-0.05, 0) is 12.1 Å². The van der Waals surface area contributed by atoms with E-state index in [9.17, 15) is 4.79 Å². The van der Waals surface area contributed by atoms with E-state index in [0.717, 1.165) is 5.82 Å². The highest BCUT2D eigenvalue weighted by Gasteiger charge is 2.05. The number of hydrogen-bond acceptors (Lipinski definition) is 4. The number of rotatable bonds is 6. The quantitative estimate of drug-likeness (QED) is 0.833. The summed E-state index contributed by atoms with van der Waals surface area (Å²) in [6, 6.07) is 7.01. The van der Waals surface area contributed by atoms with Gasteiger partial charge in [0.15, 0.2) is 6.61 Å². The number of benzene rings is 1. The van der Waals surface area contributed by atoms with Crippen LogP contribution in [0.3, 0.4) is 0 Å². The predicted molar refractivity (Wildman–Crippen MR) is 70.0 cm³/mol. The van der Waals surface area contributed by atoms with Crippen LogP contribution in [0.1, 0.15) is 5.82 Å². The van der Waals surface area contributed by atoms with E-state index in [2.05, 4.69) is 20.5 Å². The summed E-state index contributed by atoms with van der Waals surface area (Å²) in [6.07, 6.45) is 2.02. The van der Waals surface area contributed by atoms with Crippen molar-refractivity contribution in [2.45, 2.75) is 6.42 Å². The van der Waals surface area contributed by atoms with E-state index in [1.165, 1.54) is 6.33 Å². The zero-order chi connectivity index (χ0) is 13.5. The molecule has 0 aliphatic rings. The Balaban J connectivity index is 1.69. The van der Waals surface area contributed by atoms with Crippen LogP contribution in [0.5, 0.6) is 5.75 Å². The summed E-state index contributed by atoms with van der Waals surface area (Å²) < 4.78 is 5.31. The number of aromatic amines is 1. The molecule has 1 aromatic carbocycles. The van der Waals surface area contributed by atoms with E-state index in [4.69, 9.17) is 16.3 Å². The van der Waals surface area contributed by atoms with Crippen molar-refractivity contribution in [3.8, 4) is 5.75 Å². The van der Waals surface area contributed by atoms with Crippen LogP contribution in [-0.2, 0) is 11.2 Å². The molecule has 1 heterocycles. The lowest BCUT2D eigenvalue weighted by molar-refractivity contribution is -0.123. The van der Waals surface area contributed by atoms with E-state index in [0.29, 0.717) is 23.7 Å². The minimum Gasteiger partial charge on any atom is -0.482 e. The van der Waals surface area contributed by atoms with Gasteiger partial charge in [0, 0.05) is 13.0 Å². The zero-order valence-corrected chi connectivity index (χ0v) is 10.9. The molecule has 0 saturated carbocycles. The van der Waals surface area contributed by atoms with Crippen LogP contribution in [0, 0.1) is 0 Å².